The molecule has 4 rings (SSSR count). The Bertz CT molecular complexity index is 1430. The molecule has 0 aliphatic heterocycles. The maximum atomic E-state index is 13.9. The second-order valence-electron chi connectivity index (χ2n) is 10.0. The van der Waals surface area contributed by atoms with E-state index in [-0.39, 0.29) is 30.0 Å². The summed E-state index contributed by atoms with van der Waals surface area (Å²) in [6.45, 7) is 6.45. The number of nitrogens with one attached hydrogen (secondary N) is 1. The zero-order chi connectivity index (χ0) is 27.7. The summed E-state index contributed by atoms with van der Waals surface area (Å²) in [6, 6.07) is 18.6. The van der Waals surface area contributed by atoms with E-state index in [9.17, 15) is 18.0 Å². The van der Waals surface area contributed by atoms with E-state index in [4.69, 9.17) is 23.2 Å². The minimum atomic E-state index is -4.80. The topological polar surface area (TPSA) is 45.3 Å². The third-order valence-corrected chi connectivity index (χ3v) is 6.92. The van der Waals surface area contributed by atoms with Gasteiger partial charge in [0.25, 0.3) is 5.91 Å². The molecule has 0 saturated carbocycles. The van der Waals surface area contributed by atoms with Crippen molar-refractivity contribution in [3.63, 3.8) is 0 Å². The van der Waals surface area contributed by atoms with Crippen LogP contribution in [0.2, 0.25) is 5.02 Å². The molecule has 0 radical (unpaired) electrons. The van der Waals surface area contributed by atoms with Crippen molar-refractivity contribution in [1.82, 2.24) is 9.88 Å². The number of carbonyl (C=O) groups is 1. The Balaban J connectivity index is 1.67. The number of amides is 1. The van der Waals surface area contributed by atoms with Crippen LogP contribution in [0.3, 0.4) is 0 Å². The van der Waals surface area contributed by atoms with Crippen LogP contribution in [0, 0.1) is 0 Å². The van der Waals surface area contributed by atoms with Crippen molar-refractivity contribution in [2.75, 3.05) is 6.54 Å². The molecule has 0 spiro atoms. The molecule has 38 heavy (non-hydrogen) atoms. The highest BCUT2D eigenvalue weighted by Gasteiger charge is 2.31. The second kappa shape index (κ2) is 10.9. The van der Waals surface area contributed by atoms with Crippen LogP contribution in [-0.4, -0.2) is 28.7 Å². The first-order valence-electron chi connectivity index (χ1n) is 12.0. The SMILES string of the molecule is CC(C)(C)c1ccc(C(Cl)N(CCc2cccc(OC(F)(F)F)c2)C(=O)c2cc(Cl)cc3cc[nH]c23)cc1. The van der Waals surface area contributed by atoms with Gasteiger partial charge in [0.1, 0.15) is 11.3 Å². The van der Waals surface area contributed by atoms with E-state index in [0.717, 1.165) is 10.9 Å². The number of nitrogens with zero attached hydrogens (tertiary/aromatic N) is 1. The number of aromatic nitrogens is 1. The van der Waals surface area contributed by atoms with Crippen molar-refractivity contribution in [2.45, 2.75) is 44.5 Å². The summed E-state index contributed by atoms with van der Waals surface area (Å²) in [4.78, 5) is 18.5. The number of ether oxygens (including phenoxy) is 1. The minimum absolute atomic E-state index is 0.0562. The van der Waals surface area contributed by atoms with E-state index in [1.807, 2.05) is 30.3 Å². The van der Waals surface area contributed by atoms with Gasteiger partial charge in [-0.25, -0.2) is 0 Å². The number of benzene rings is 3. The summed E-state index contributed by atoms with van der Waals surface area (Å²) in [5, 5.41) is 1.18. The van der Waals surface area contributed by atoms with E-state index in [1.165, 1.54) is 23.1 Å². The Morgan fingerprint density at radius 2 is 1.74 bits per heavy atom. The number of carbonyl (C=O) groups excluding carboxylic acids is 1. The lowest BCUT2D eigenvalue weighted by atomic mass is 9.86. The Morgan fingerprint density at radius 1 is 1.03 bits per heavy atom. The molecule has 3 aromatic carbocycles. The van der Waals surface area contributed by atoms with Crippen LogP contribution >= 0.6 is 23.2 Å². The van der Waals surface area contributed by atoms with Crippen molar-refractivity contribution < 1.29 is 22.7 Å². The molecule has 1 N–H and O–H groups in total. The molecule has 200 valence electrons. The van der Waals surface area contributed by atoms with Gasteiger partial charge in [-0.2, -0.15) is 0 Å². The van der Waals surface area contributed by atoms with Gasteiger partial charge in [0.05, 0.1) is 11.1 Å². The number of fused-ring (bicyclic) bond motifs is 1. The van der Waals surface area contributed by atoms with Gasteiger partial charge < -0.3 is 14.6 Å². The van der Waals surface area contributed by atoms with Gasteiger partial charge in [-0.05, 0) is 58.9 Å². The first-order valence-corrected chi connectivity index (χ1v) is 12.8. The molecule has 1 aromatic heterocycles. The maximum absolute atomic E-state index is 13.9. The normalized spacial score (nSPS) is 12.9. The molecule has 0 saturated heterocycles. The molecule has 1 atom stereocenters. The lowest BCUT2D eigenvalue weighted by Gasteiger charge is -2.29. The van der Waals surface area contributed by atoms with Gasteiger partial charge in [-0.15, -0.1) is 13.2 Å². The summed E-state index contributed by atoms with van der Waals surface area (Å²) < 4.78 is 42.2. The molecule has 0 aliphatic rings. The predicted octanol–water partition coefficient (Wildman–Crippen LogP) is 8.64. The fourth-order valence-electron chi connectivity index (χ4n) is 4.25. The van der Waals surface area contributed by atoms with E-state index in [1.54, 1.807) is 24.4 Å². The minimum Gasteiger partial charge on any atom is -0.406 e. The number of hydrogen-bond donors (Lipinski definition) is 1. The quantitative estimate of drug-likeness (QED) is 0.181. The van der Waals surface area contributed by atoms with Gasteiger partial charge in [0.2, 0.25) is 0 Å². The van der Waals surface area contributed by atoms with Crippen molar-refractivity contribution in [2.24, 2.45) is 0 Å². The van der Waals surface area contributed by atoms with Gasteiger partial charge in [0, 0.05) is 23.2 Å². The molecule has 0 fully saturated rings. The van der Waals surface area contributed by atoms with Crippen molar-refractivity contribution >= 4 is 40.0 Å². The third-order valence-electron chi connectivity index (χ3n) is 6.21. The second-order valence-corrected chi connectivity index (χ2v) is 10.9. The molecule has 0 bridgehead atoms. The first kappa shape index (κ1) is 27.9. The Kier molecular flexibility index (Phi) is 8.00. The van der Waals surface area contributed by atoms with Gasteiger partial charge >= 0.3 is 6.36 Å². The van der Waals surface area contributed by atoms with Crippen molar-refractivity contribution in [1.29, 1.82) is 0 Å². The Hall–Kier alpha value is -3.16. The molecule has 0 aliphatic carbocycles. The van der Waals surface area contributed by atoms with Gasteiger partial charge in [-0.3, -0.25) is 4.79 Å². The summed E-state index contributed by atoms with van der Waals surface area (Å²) in [5.74, 6) is -0.682. The van der Waals surface area contributed by atoms with Crippen LogP contribution in [0.4, 0.5) is 13.2 Å². The Morgan fingerprint density at radius 3 is 2.39 bits per heavy atom. The fourth-order valence-corrected chi connectivity index (χ4v) is 4.80. The molecule has 4 nitrogen and oxygen atoms in total. The lowest BCUT2D eigenvalue weighted by Crippen LogP contribution is -2.34. The molecular formula is C29H27Cl2F3N2O2. The van der Waals surface area contributed by atoms with Crippen LogP contribution in [0.25, 0.3) is 10.9 Å². The van der Waals surface area contributed by atoms with Gasteiger partial charge in [0.15, 0.2) is 0 Å². The van der Waals surface area contributed by atoms with Gasteiger partial charge in [-0.1, -0.05) is 80.4 Å². The number of alkyl halides is 4. The summed E-state index contributed by atoms with van der Waals surface area (Å²) in [5.41, 5.74) is 2.47. The molecule has 9 heteroatoms. The smallest absolute Gasteiger partial charge is 0.406 e. The number of halogens is 5. The fraction of sp³-hybridized carbons (Fsp3) is 0.276. The van der Waals surface area contributed by atoms with Crippen LogP contribution in [-0.2, 0) is 11.8 Å². The monoisotopic (exact) mass is 562 g/mol. The summed E-state index contributed by atoms with van der Waals surface area (Å²) in [7, 11) is 0. The van der Waals surface area contributed by atoms with Crippen LogP contribution < -0.4 is 4.74 Å². The van der Waals surface area contributed by atoms with Crippen LogP contribution in [0.1, 0.15) is 53.3 Å². The average molecular weight is 563 g/mol. The lowest BCUT2D eigenvalue weighted by molar-refractivity contribution is -0.274. The standard InChI is InChI=1S/C29H27Cl2F3N2O2/c1-28(2,3)21-9-7-19(8-10-21)26(31)36(14-12-18-5-4-6-23(15-18)38-29(32,33)34)27(37)24-17-22(30)16-20-11-13-35-25(20)24/h4-11,13,15-17,26,35H,12,14H2,1-3H3. The highest BCUT2D eigenvalue weighted by molar-refractivity contribution is 6.32. The first-order chi connectivity index (χ1) is 17.8. The number of H-pyrrole nitrogens is 1. The van der Waals surface area contributed by atoms with E-state index >= 15 is 0 Å². The average Bonchev–Trinajstić information content (AvgIpc) is 3.30. The Labute approximate surface area is 229 Å². The molecule has 1 unspecified atom stereocenters. The highest BCUT2D eigenvalue weighted by atomic mass is 35.5. The largest absolute Gasteiger partial charge is 0.573 e. The van der Waals surface area contributed by atoms with E-state index in [0.29, 0.717) is 27.2 Å². The van der Waals surface area contributed by atoms with Crippen molar-refractivity contribution in [3.05, 3.63) is 100 Å². The molecule has 1 amide bonds. The predicted molar refractivity (Wildman–Crippen MR) is 145 cm³/mol. The zero-order valence-corrected chi connectivity index (χ0v) is 22.6. The van der Waals surface area contributed by atoms with Crippen LogP contribution in [0.5, 0.6) is 5.75 Å². The number of aromatic amines is 1. The molecular weight excluding hydrogens is 536 g/mol. The van der Waals surface area contributed by atoms with Crippen molar-refractivity contribution in [3.8, 4) is 5.75 Å². The maximum Gasteiger partial charge on any atom is 0.573 e. The number of rotatable bonds is 7. The molecule has 1 heterocycles. The summed E-state index contributed by atoms with van der Waals surface area (Å²) in [6.07, 6.45) is -2.83. The summed E-state index contributed by atoms with van der Waals surface area (Å²) >= 11 is 13.2. The van der Waals surface area contributed by atoms with Crippen LogP contribution in [0.15, 0.2) is 72.9 Å². The zero-order valence-electron chi connectivity index (χ0n) is 21.1. The highest BCUT2D eigenvalue weighted by Crippen LogP contribution is 2.32. The molecule has 4 aromatic rings. The van der Waals surface area contributed by atoms with E-state index in [2.05, 4.69) is 30.5 Å². The van der Waals surface area contributed by atoms with E-state index < -0.39 is 11.9 Å². The number of hydrogen-bond acceptors (Lipinski definition) is 2. The third kappa shape index (κ3) is 6.63.